The van der Waals surface area contributed by atoms with Gasteiger partial charge in [-0.2, -0.15) is 5.10 Å². The van der Waals surface area contributed by atoms with Gasteiger partial charge in [0.2, 0.25) is 0 Å². The number of fused-ring (bicyclic) bond motifs is 1. The lowest BCUT2D eigenvalue weighted by Crippen LogP contribution is -2.35. The molecule has 2 fully saturated rings. The van der Waals surface area contributed by atoms with Crippen molar-refractivity contribution in [2.24, 2.45) is 11.8 Å². The van der Waals surface area contributed by atoms with Gasteiger partial charge in [0.05, 0.1) is 25.0 Å². The summed E-state index contributed by atoms with van der Waals surface area (Å²) >= 11 is 6.22. The van der Waals surface area contributed by atoms with Crippen molar-refractivity contribution in [2.75, 3.05) is 31.1 Å². The average Bonchev–Trinajstić information content (AvgIpc) is 3.00. The molecule has 3 atom stereocenters. The van der Waals surface area contributed by atoms with Crippen molar-refractivity contribution in [1.29, 1.82) is 0 Å². The van der Waals surface area contributed by atoms with Crippen LogP contribution < -0.4 is 15.8 Å². The molecule has 1 aromatic rings. The molecule has 0 spiro atoms. The van der Waals surface area contributed by atoms with Crippen molar-refractivity contribution in [1.82, 2.24) is 15.1 Å². The first-order valence-electron chi connectivity index (χ1n) is 6.97. The van der Waals surface area contributed by atoms with Crippen LogP contribution >= 0.6 is 11.6 Å². The standard InChI is InChI=1S/C13H19ClN4O2/c1-8-10-5-15-4-9(10)7-17(8)11-6-16-18(2-3-19)13(20)12(11)14/h6,8-10,15,19H,2-5,7H2,1H3. The second-order valence-electron chi connectivity index (χ2n) is 5.57. The Morgan fingerprint density at radius 3 is 3.05 bits per heavy atom. The topological polar surface area (TPSA) is 70.4 Å². The maximum absolute atomic E-state index is 12.1. The molecule has 3 rings (SSSR count). The van der Waals surface area contributed by atoms with Crippen molar-refractivity contribution >= 4 is 17.3 Å². The predicted molar refractivity (Wildman–Crippen MR) is 77.3 cm³/mol. The monoisotopic (exact) mass is 298 g/mol. The van der Waals surface area contributed by atoms with Crippen LogP contribution in [0.1, 0.15) is 6.92 Å². The highest BCUT2D eigenvalue weighted by Crippen LogP contribution is 2.37. The summed E-state index contributed by atoms with van der Waals surface area (Å²) in [6, 6.07) is 0.349. The minimum Gasteiger partial charge on any atom is -0.394 e. The molecule has 0 amide bonds. The van der Waals surface area contributed by atoms with Crippen LogP contribution in [0.5, 0.6) is 0 Å². The fourth-order valence-electron chi connectivity index (χ4n) is 3.40. The van der Waals surface area contributed by atoms with Crippen molar-refractivity contribution in [3.8, 4) is 0 Å². The van der Waals surface area contributed by atoms with E-state index < -0.39 is 0 Å². The second-order valence-corrected chi connectivity index (χ2v) is 5.95. The first-order valence-corrected chi connectivity index (χ1v) is 7.35. The summed E-state index contributed by atoms with van der Waals surface area (Å²) in [5.74, 6) is 1.21. The van der Waals surface area contributed by atoms with Gasteiger partial charge in [-0.1, -0.05) is 11.6 Å². The summed E-state index contributed by atoms with van der Waals surface area (Å²) in [5, 5.41) is 16.6. The van der Waals surface area contributed by atoms with Gasteiger partial charge < -0.3 is 15.3 Å². The van der Waals surface area contributed by atoms with Crippen LogP contribution in [-0.2, 0) is 6.54 Å². The van der Waals surface area contributed by atoms with Gasteiger partial charge in [0.1, 0.15) is 5.02 Å². The Bertz CT molecular complexity index is 562. The van der Waals surface area contributed by atoms with Gasteiger partial charge in [0, 0.05) is 25.7 Å². The van der Waals surface area contributed by atoms with Gasteiger partial charge in [0.25, 0.3) is 5.56 Å². The van der Waals surface area contributed by atoms with E-state index in [1.807, 2.05) is 0 Å². The Morgan fingerprint density at radius 2 is 2.35 bits per heavy atom. The summed E-state index contributed by atoms with van der Waals surface area (Å²) in [6.45, 7) is 5.17. The molecule has 0 saturated carbocycles. The molecule has 20 heavy (non-hydrogen) atoms. The summed E-state index contributed by atoms with van der Waals surface area (Å²) < 4.78 is 1.20. The summed E-state index contributed by atoms with van der Waals surface area (Å²) in [6.07, 6.45) is 1.64. The van der Waals surface area contributed by atoms with E-state index >= 15 is 0 Å². The molecule has 7 heteroatoms. The minimum atomic E-state index is -0.333. The number of rotatable bonds is 3. The maximum Gasteiger partial charge on any atom is 0.287 e. The highest BCUT2D eigenvalue weighted by Gasteiger charge is 2.42. The molecule has 2 saturated heterocycles. The van der Waals surface area contributed by atoms with E-state index in [9.17, 15) is 4.79 Å². The molecular formula is C13H19ClN4O2. The molecule has 0 bridgehead atoms. The Morgan fingerprint density at radius 1 is 1.55 bits per heavy atom. The van der Waals surface area contributed by atoms with Gasteiger partial charge in [-0.3, -0.25) is 4.79 Å². The Balaban J connectivity index is 1.91. The number of nitrogens with zero attached hydrogens (tertiary/aromatic N) is 3. The van der Waals surface area contributed by atoms with Crippen molar-refractivity contribution in [3.63, 3.8) is 0 Å². The highest BCUT2D eigenvalue weighted by atomic mass is 35.5. The lowest BCUT2D eigenvalue weighted by atomic mass is 9.95. The number of aliphatic hydroxyl groups excluding tert-OH is 1. The van der Waals surface area contributed by atoms with Crippen molar-refractivity contribution in [3.05, 3.63) is 21.6 Å². The molecule has 110 valence electrons. The Hall–Kier alpha value is -1.11. The van der Waals surface area contributed by atoms with Crippen molar-refractivity contribution in [2.45, 2.75) is 19.5 Å². The molecule has 3 unspecified atom stereocenters. The van der Waals surface area contributed by atoms with Crippen LogP contribution in [0.25, 0.3) is 0 Å². The molecule has 2 N–H and O–H groups in total. The first-order chi connectivity index (χ1) is 9.63. The van der Waals surface area contributed by atoms with E-state index in [1.54, 1.807) is 6.20 Å². The molecule has 6 nitrogen and oxygen atoms in total. The SMILES string of the molecule is CC1C2CNCC2CN1c1cnn(CCO)c(=O)c1Cl. The number of aromatic nitrogens is 2. The summed E-state index contributed by atoms with van der Waals surface area (Å²) in [5.41, 5.74) is 0.383. The Kier molecular flexibility index (Phi) is 3.70. The molecule has 2 aliphatic heterocycles. The minimum absolute atomic E-state index is 0.126. The zero-order chi connectivity index (χ0) is 14.3. The van der Waals surface area contributed by atoms with Gasteiger partial charge in [-0.05, 0) is 18.8 Å². The first kappa shape index (κ1) is 13.9. The predicted octanol–water partition coefficient (Wildman–Crippen LogP) is -0.0669. The van der Waals surface area contributed by atoms with E-state index in [1.165, 1.54) is 4.68 Å². The van der Waals surface area contributed by atoms with Crippen LogP contribution in [0.15, 0.2) is 11.0 Å². The molecule has 3 heterocycles. The lowest BCUT2D eigenvalue weighted by molar-refractivity contribution is 0.266. The fraction of sp³-hybridized carbons (Fsp3) is 0.692. The van der Waals surface area contributed by atoms with E-state index in [0.29, 0.717) is 23.6 Å². The number of hydrogen-bond donors (Lipinski definition) is 2. The van der Waals surface area contributed by atoms with Crippen LogP contribution in [0.3, 0.4) is 0 Å². The van der Waals surface area contributed by atoms with E-state index in [4.69, 9.17) is 16.7 Å². The summed E-state index contributed by atoms with van der Waals surface area (Å²) in [7, 11) is 0. The molecule has 0 radical (unpaired) electrons. The van der Waals surface area contributed by atoms with Gasteiger partial charge in [-0.15, -0.1) is 0 Å². The van der Waals surface area contributed by atoms with Crippen LogP contribution in [0.2, 0.25) is 5.02 Å². The smallest absolute Gasteiger partial charge is 0.287 e. The molecular weight excluding hydrogens is 280 g/mol. The van der Waals surface area contributed by atoms with E-state index in [2.05, 4.69) is 22.2 Å². The number of hydrogen-bond acceptors (Lipinski definition) is 5. The maximum atomic E-state index is 12.1. The third-order valence-corrected chi connectivity index (χ3v) is 4.88. The zero-order valence-electron chi connectivity index (χ0n) is 11.4. The number of aliphatic hydroxyl groups is 1. The quantitative estimate of drug-likeness (QED) is 0.818. The zero-order valence-corrected chi connectivity index (χ0v) is 12.2. The lowest BCUT2D eigenvalue weighted by Gasteiger charge is -2.27. The van der Waals surface area contributed by atoms with Crippen LogP contribution in [0, 0.1) is 11.8 Å². The number of nitrogens with one attached hydrogen (secondary N) is 1. The fourth-order valence-corrected chi connectivity index (χ4v) is 3.65. The van der Waals surface area contributed by atoms with Gasteiger partial charge in [-0.25, -0.2) is 4.68 Å². The van der Waals surface area contributed by atoms with Crippen LogP contribution in [0.4, 0.5) is 5.69 Å². The number of anilines is 1. The van der Waals surface area contributed by atoms with Crippen molar-refractivity contribution < 1.29 is 5.11 Å². The second kappa shape index (κ2) is 5.35. The largest absolute Gasteiger partial charge is 0.394 e. The molecule has 0 aromatic carbocycles. The number of halogens is 1. The summed E-state index contributed by atoms with van der Waals surface area (Å²) in [4.78, 5) is 14.3. The third-order valence-electron chi connectivity index (χ3n) is 4.52. The van der Waals surface area contributed by atoms with E-state index in [-0.39, 0.29) is 23.7 Å². The molecule has 0 aliphatic carbocycles. The normalized spacial score (nSPS) is 28.9. The molecule has 2 aliphatic rings. The molecule has 1 aromatic heterocycles. The Labute approximate surface area is 122 Å². The van der Waals surface area contributed by atoms with E-state index in [0.717, 1.165) is 19.6 Å². The highest BCUT2D eigenvalue weighted by molar-refractivity contribution is 6.33. The van der Waals surface area contributed by atoms with Gasteiger partial charge in [0.15, 0.2) is 0 Å². The van der Waals surface area contributed by atoms with Gasteiger partial charge >= 0.3 is 0 Å². The van der Waals surface area contributed by atoms with Crippen LogP contribution in [-0.4, -0.2) is 47.2 Å². The third kappa shape index (κ3) is 2.12. The average molecular weight is 299 g/mol.